The summed E-state index contributed by atoms with van der Waals surface area (Å²) in [5.41, 5.74) is 25.5. The van der Waals surface area contributed by atoms with Crippen LogP contribution in [0.4, 0.5) is 4.39 Å². The van der Waals surface area contributed by atoms with Crippen molar-refractivity contribution in [2.45, 2.75) is 151 Å². The molecule has 17 heteroatoms. The first-order valence-corrected chi connectivity index (χ1v) is 36.9. The van der Waals surface area contributed by atoms with Crippen LogP contribution in [0.2, 0.25) is 10.0 Å². The Bertz CT molecular complexity index is 4650. The molecule has 1 atom stereocenters. The van der Waals surface area contributed by atoms with Crippen molar-refractivity contribution in [2.75, 3.05) is 54.4 Å². The van der Waals surface area contributed by atoms with Crippen LogP contribution in [0.25, 0.3) is 43.7 Å². The van der Waals surface area contributed by atoms with Crippen LogP contribution >= 0.6 is 39.1 Å². The molecule has 0 saturated heterocycles. The Hall–Kier alpha value is -7.60. The second kappa shape index (κ2) is 31.1. The summed E-state index contributed by atoms with van der Waals surface area (Å²) < 4.78 is 25.5. The van der Waals surface area contributed by atoms with Crippen molar-refractivity contribution in [3.8, 4) is 0 Å². The van der Waals surface area contributed by atoms with Gasteiger partial charge in [-0.2, -0.15) is 0 Å². The van der Waals surface area contributed by atoms with E-state index < -0.39 is 0 Å². The van der Waals surface area contributed by atoms with E-state index in [9.17, 15) is 4.39 Å². The van der Waals surface area contributed by atoms with Crippen LogP contribution in [-0.4, -0.2) is 117 Å². The van der Waals surface area contributed by atoms with E-state index in [1.54, 1.807) is 17.3 Å². The highest BCUT2D eigenvalue weighted by molar-refractivity contribution is 9.10. The molecule has 16 rings (SSSR count). The molecule has 4 aliphatic rings. The SMILES string of the molecule is CCCC(Cn1c2c(c3cc(C)ccc31)CN(C)CC2)c1ccncc1.Cc1ccc(CCn2c3c(c4c(Br)ccc(Cl)c42)CN(C)CC3)cn1.Cc1ccc(CCn2c3c(c4c(Cl)ccc(F)c42)CN(C)CC3)cn1.Cc1cnc2c(c1)c1c(n2CCc2ccncc2)CCN(C)C1. The average Bonchev–Trinajstić information content (AvgIpc) is 1.62. The van der Waals surface area contributed by atoms with Gasteiger partial charge in [0.2, 0.25) is 0 Å². The molecule has 514 valence electrons. The number of pyridine rings is 5. The highest BCUT2D eigenvalue weighted by Gasteiger charge is 2.29. The van der Waals surface area contributed by atoms with Crippen molar-refractivity contribution in [2.24, 2.45) is 0 Å². The molecule has 99 heavy (non-hydrogen) atoms. The van der Waals surface area contributed by atoms with Crippen molar-refractivity contribution in [1.29, 1.82) is 0 Å². The number of aromatic nitrogens is 9. The molecule has 13 nitrogen and oxygen atoms in total. The number of rotatable bonds is 14. The van der Waals surface area contributed by atoms with Crippen molar-refractivity contribution >= 4 is 82.9 Å². The molecule has 0 radical (unpaired) electrons. The number of aryl methyl sites for hydroxylation is 10. The number of likely N-dealkylation sites (N-methyl/N-ethyl adjacent to an activating group) is 4. The van der Waals surface area contributed by atoms with E-state index in [4.69, 9.17) is 28.2 Å². The second-order valence-electron chi connectivity index (χ2n) is 28.1. The van der Waals surface area contributed by atoms with Gasteiger partial charge in [-0.15, -0.1) is 0 Å². The lowest BCUT2D eigenvalue weighted by Crippen LogP contribution is -2.27. The lowest BCUT2D eigenvalue weighted by molar-refractivity contribution is 0.308. The first kappa shape index (κ1) is 69.9. The third kappa shape index (κ3) is 15.4. The molecule has 13 heterocycles. The molecule has 3 aromatic carbocycles. The average molecular weight is 1430 g/mol. The maximum absolute atomic E-state index is 14.7. The van der Waals surface area contributed by atoms with Crippen LogP contribution < -0.4 is 0 Å². The maximum Gasteiger partial charge on any atom is 0.147 e. The summed E-state index contributed by atoms with van der Waals surface area (Å²) in [5, 5.41) is 6.41. The number of halogens is 4. The highest BCUT2D eigenvalue weighted by atomic mass is 79.9. The summed E-state index contributed by atoms with van der Waals surface area (Å²) in [6.07, 6.45) is 22.9. The van der Waals surface area contributed by atoms with Crippen LogP contribution in [0.1, 0.15) is 115 Å². The predicted molar refractivity (Wildman–Crippen MR) is 408 cm³/mol. The van der Waals surface area contributed by atoms with E-state index in [1.165, 1.54) is 102 Å². The molecule has 0 N–H and O–H groups in total. The summed E-state index contributed by atoms with van der Waals surface area (Å²) in [7, 11) is 8.71. The van der Waals surface area contributed by atoms with Crippen molar-refractivity contribution < 1.29 is 4.39 Å². The fraction of sp³-hybridized carbons (Fsp3) is 0.378. The minimum Gasteiger partial charge on any atom is -0.344 e. The lowest BCUT2D eigenvalue weighted by atomic mass is 9.95. The molecule has 1 unspecified atom stereocenters. The normalized spacial score (nSPS) is 15.2. The van der Waals surface area contributed by atoms with Gasteiger partial charge in [0.25, 0.3) is 0 Å². The molecule has 0 aliphatic carbocycles. The smallest absolute Gasteiger partial charge is 0.147 e. The fourth-order valence-electron chi connectivity index (χ4n) is 15.6. The largest absolute Gasteiger partial charge is 0.344 e. The molecule has 12 aromatic rings. The number of hydrogen-bond donors (Lipinski definition) is 0. The van der Waals surface area contributed by atoms with Gasteiger partial charge in [0.1, 0.15) is 11.5 Å². The van der Waals surface area contributed by atoms with Crippen LogP contribution in [0, 0.1) is 33.5 Å². The zero-order chi connectivity index (χ0) is 69.0. The minimum atomic E-state index is -0.196. The number of nitrogens with zero attached hydrogens (tertiary/aromatic N) is 13. The Balaban J connectivity index is 0.000000119. The first-order valence-electron chi connectivity index (χ1n) is 35.4. The van der Waals surface area contributed by atoms with Gasteiger partial charge in [-0.1, -0.05) is 76.2 Å². The number of hydrogen-bond acceptors (Lipinski definition) is 9. The van der Waals surface area contributed by atoms with Gasteiger partial charge >= 0.3 is 0 Å². The molecular formula is C82H93BrCl2FN13. The number of benzene rings is 3. The maximum atomic E-state index is 14.7. The molecule has 0 spiro atoms. The van der Waals surface area contributed by atoms with E-state index in [0.717, 1.165) is 166 Å². The zero-order valence-corrected chi connectivity index (χ0v) is 62.1. The molecule has 0 saturated carbocycles. The molecular weight excluding hydrogens is 1340 g/mol. The first-order chi connectivity index (χ1) is 48.0. The Labute approximate surface area is 601 Å². The summed E-state index contributed by atoms with van der Waals surface area (Å²) in [6.45, 7) is 22.5. The summed E-state index contributed by atoms with van der Waals surface area (Å²) >= 11 is 16.8. The molecule has 0 fully saturated rings. The lowest BCUT2D eigenvalue weighted by Gasteiger charge is -2.26. The zero-order valence-electron chi connectivity index (χ0n) is 59.0. The topological polar surface area (TPSA) is 97.1 Å². The van der Waals surface area contributed by atoms with Crippen molar-refractivity contribution in [3.05, 3.63) is 251 Å². The summed E-state index contributed by atoms with van der Waals surface area (Å²) in [6, 6.07) is 33.4. The molecule has 0 bridgehead atoms. The van der Waals surface area contributed by atoms with E-state index in [2.05, 4.69) is 195 Å². The predicted octanol–water partition coefficient (Wildman–Crippen LogP) is 17.2. The van der Waals surface area contributed by atoms with Gasteiger partial charge in [-0.05, 0) is 211 Å². The van der Waals surface area contributed by atoms with E-state index >= 15 is 0 Å². The van der Waals surface area contributed by atoms with Crippen molar-refractivity contribution in [3.63, 3.8) is 0 Å². The second-order valence-corrected chi connectivity index (χ2v) is 29.8. The van der Waals surface area contributed by atoms with E-state index in [-0.39, 0.29) is 5.82 Å². The molecule has 9 aromatic heterocycles. The Morgan fingerprint density at radius 1 is 0.485 bits per heavy atom. The minimum absolute atomic E-state index is 0.196. The van der Waals surface area contributed by atoms with Crippen LogP contribution in [0.3, 0.4) is 0 Å². The highest BCUT2D eigenvalue weighted by Crippen LogP contribution is 2.41. The van der Waals surface area contributed by atoms with Gasteiger partial charge < -0.3 is 37.9 Å². The Morgan fingerprint density at radius 3 is 1.58 bits per heavy atom. The van der Waals surface area contributed by atoms with Gasteiger partial charge in [0.15, 0.2) is 0 Å². The van der Waals surface area contributed by atoms with Crippen LogP contribution in [-0.2, 0) is 97.3 Å². The van der Waals surface area contributed by atoms with Gasteiger partial charge in [-0.3, -0.25) is 19.9 Å². The van der Waals surface area contributed by atoms with Crippen molar-refractivity contribution in [1.82, 2.24) is 62.8 Å². The van der Waals surface area contributed by atoms with Crippen LogP contribution in [0.15, 0.2) is 145 Å². The Kier molecular flexibility index (Phi) is 22.0. The Morgan fingerprint density at radius 2 is 0.990 bits per heavy atom. The van der Waals surface area contributed by atoms with E-state index in [0.29, 0.717) is 16.5 Å². The molecule has 0 amide bonds. The van der Waals surface area contributed by atoms with Gasteiger partial charge in [0, 0.05) is 219 Å². The standard InChI is InChI=1S/C23H29N3.C20H21BrClN3.C20H21ClFN3.C19H22N4/c1-4-5-19(18-8-11-24-12-9-18)15-26-22-7-6-17(2)14-20(22)21-16-25(3)13-10-23(21)26;2*1-13-3-4-14(11-23-13)7-10-25-18-8-9-24(2)12-15(18)19-16(21)5-6-17(22)20(19)25;1-14-11-16-17-13-22(2)9-6-18(17)23(19(16)21-12-14)10-5-15-3-7-20-8-4-15/h6-9,11-12,14,19H,4-5,10,13,15-16H2,1-3H3;2*3-6,11H,7-10,12H2,1-2H3;3-4,7-8,11-12H,5-6,9-10,13H2,1-2H3. The summed E-state index contributed by atoms with van der Waals surface area (Å²) in [5.74, 6) is 0.349. The number of fused-ring (bicyclic) bond motifs is 12. The third-order valence-electron chi connectivity index (χ3n) is 20.8. The molecule has 4 aliphatic heterocycles. The van der Waals surface area contributed by atoms with Gasteiger partial charge in [-0.25, -0.2) is 9.37 Å². The van der Waals surface area contributed by atoms with Gasteiger partial charge in [0.05, 0.1) is 21.1 Å². The third-order valence-corrected chi connectivity index (χ3v) is 22.0. The quantitative estimate of drug-likeness (QED) is 0.105. The fourth-order valence-corrected chi connectivity index (χ4v) is 16.7. The summed E-state index contributed by atoms with van der Waals surface area (Å²) in [4.78, 5) is 31.3. The monoisotopic (exact) mass is 1430 g/mol. The van der Waals surface area contributed by atoms with Crippen LogP contribution in [0.5, 0.6) is 0 Å². The van der Waals surface area contributed by atoms with E-state index in [1.807, 2.05) is 69.4 Å².